The fraction of sp³-hybridized carbons (Fsp3) is 0.800. The molecule has 2 saturated carbocycles. The van der Waals surface area contributed by atoms with E-state index in [0.29, 0.717) is 6.42 Å². The number of methoxy groups -OCH3 is 1. The fourth-order valence-corrected chi connectivity index (χ4v) is 4.04. The summed E-state index contributed by atoms with van der Waals surface area (Å²) in [6.07, 6.45) is 6.81. The van der Waals surface area contributed by atoms with Gasteiger partial charge in [0.25, 0.3) is 5.78 Å². The minimum Gasteiger partial charge on any atom is -0.463 e. The molecule has 2 aliphatic carbocycles. The first kappa shape index (κ1) is 15.0. The molecule has 4 fully saturated rings. The molecule has 0 aromatic rings. The molecule has 0 aromatic carbocycles. The Hall–Kier alpha value is -0.940. The minimum absolute atomic E-state index is 0.233. The van der Waals surface area contributed by atoms with Gasteiger partial charge in [0.1, 0.15) is 0 Å². The average Bonchev–Trinajstić information content (AvgIpc) is 3.34. The molecule has 2 aliphatic heterocycles. The second-order valence-corrected chi connectivity index (χ2v) is 6.86. The molecule has 6 atom stereocenters. The number of carbonyl (C=O) groups excluding carboxylic acids is 3. The topological polar surface area (TPSA) is 63.5 Å². The van der Waals surface area contributed by atoms with E-state index < -0.39 is 29.0 Å². The highest BCUT2D eigenvalue weighted by molar-refractivity contribution is 6.64. The van der Waals surface area contributed by atoms with Crippen molar-refractivity contribution in [2.45, 2.75) is 44.2 Å². The molecule has 116 valence electrons. The second kappa shape index (κ2) is 5.69. The predicted octanol–water partition coefficient (Wildman–Crippen LogP) is 1.37. The van der Waals surface area contributed by atoms with E-state index in [0.717, 1.165) is 13.7 Å². The standard InChI is InChI=1S/C9H10ClNO4.C6H10/c1-15-9(14)7(12)6-5(8(10)13)2-4-3-11(4)6;1-2-5-4-6(5)3-1/h4-6H,2-3H2,1H3;5-6H,1-4H2/t4-,5?,6?,11-;/m1./s1. The van der Waals surface area contributed by atoms with Crippen molar-refractivity contribution in [2.24, 2.45) is 17.8 Å². The molecule has 2 saturated heterocycles. The number of hydrogen-bond acceptors (Lipinski definition) is 5. The van der Waals surface area contributed by atoms with Gasteiger partial charge in [-0.15, -0.1) is 0 Å². The zero-order valence-electron chi connectivity index (χ0n) is 12.1. The van der Waals surface area contributed by atoms with Gasteiger partial charge in [-0.2, -0.15) is 0 Å². The first-order valence-electron chi connectivity index (χ1n) is 7.60. The average molecular weight is 314 g/mol. The normalized spacial score (nSPS) is 41.2. The van der Waals surface area contributed by atoms with E-state index in [2.05, 4.69) is 4.74 Å². The second-order valence-electron chi connectivity index (χ2n) is 6.48. The third-order valence-electron chi connectivity index (χ3n) is 5.19. The summed E-state index contributed by atoms with van der Waals surface area (Å²) in [7, 11) is 1.15. The van der Waals surface area contributed by atoms with E-state index in [1.165, 1.54) is 18.3 Å². The molecule has 4 unspecified atom stereocenters. The van der Waals surface area contributed by atoms with Crippen LogP contribution in [0, 0.1) is 17.8 Å². The zero-order valence-corrected chi connectivity index (χ0v) is 12.8. The number of halogens is 1. The molecule has 21 heavy (non-hydrogen) atoms. The molecule has 0 radical (unpaired) electrons. The Labute approximate surface area is 128 Å². The van der Waals surface area contributed by atoms with Crippen LogP contribution < -0.4 is 0 Å². The Morgan fingerprint density at radius 1 is 1.14 bits per heavy atom. The zero-order chi connectivity index (χ0) is 15.1. The molecule has 0 amide bonds. The molecule has 0 N–H and O–H groups in total. The maximum Gasteiger partial charge on any atom is 0.376 e. The van der Waals surface area contributed by atoms with Crippen molar-refractivity contribution in [3.63, 3.8) is 0 Å². The lowest BCUT2D eigenvalue weighted by molar-refractivity contribution is -0.153. The van der Waals surface area contributed by atoms with Gasteiger partial charge in [0.2, 0.25) is 5.24 Å². The van der Waals surface area contributed by atoms with Crippen molar-refractivity contribution in [3.05, 3.63) is 0 Å². The summed E-state index contributed by atoms with van der Waals surface area (Å²) in [6.45, 7) is 0.758. The van der Waals surface area contributed by atoms with E-state index in [1.54, 1.807) is 19.3 Å². The third-order valence-corrected chi connectivity index (χ3v) is 5.47. The van der Waals surface area contributed by atoms with Gasteiger partial charge in [-0.05, 0) is 36.3 Å². The highest BCUT2D eigenvalue weighted by Crippen LogP contribution is 2.51. The lowest BCUT2D eigenvalue weighted by Crippen LogP contribution is -2.40. The Morgan fingerprint density at radius 2 is 1.81 bits per heavy atom. The number of hydrogen-bond donors (Lipinski definition) is 0. The van der Waals surface area contributed by atoms with E-state index in [9.17, 15) is 14.4 Å². The molecule has 5 nitrogen and oxygen atoms in total. The number of fused-ring (bicyclic) bond motifs is 2. The first-order chi connectivity index (χ1) is 10.0. The number of carbonyl (C=O) groups is 3. The van der Waals surface area contributed by atoms with E-state index >= 15 is 0 Å². The summed E-state index contributed by atoms with van der Waals surface area (Å²) >= 11 is 5.39. The van der Waals surface area contributed by atoms with Crippen LogP contribution in [0.2, 0.25) is 0 Å². The van der Waals surface area contributed by atoms with Crippen LogP contribution in [0.1, 0.15) is 32.1 Å². The van der Waals surface area contributed by atoms with Gasteiger partial charge < -0.3 is 4.74 Å². The number of nitrogens with zero attached hydrogens (tertiary/aromatic N) is 1. The predicted molar refractivity (Wildman–Crippen MR) is 75.7 cm³/mol. The van der Waals surface area contributed by atoms with Gasteiger partial charge >= 0.3 is 5.97 Å². The Kier molecular flexibility index (Phi) is 4.06. The summed E-state index contributed by atoms with van der Waals surface area (Å²) in [5, 5.41) is -0.551. The summed E-state index contributed by atoms with van der Waals surface area (Å²) in [6, 6.07) is -0.469. The SMILES string of the molecule is C1CC2CC2C1.COC(=O)C(=O)C1C(C(=O)Cl)C[C@@H]2C[N@@]12. The van der Waals surface area contributed by atoms with Crippen LogP contribution in [0.4, 0.5) is 0 Å². The van der Waals surface area contributed by atoms with Gasteiger partial charge in [-0.1, -0.05) is 19.3 Å². The lowest BCUT2D eigenvalue weighted by Gasteiger charge is -2.16. The number of ether oxygens (including phenoxy) is 1. The van der Waals surface area contributed by atoms with E-state index in [4.69, 9.17) is 11.6 Å². The Balaban J connectivity index is 0.000000180. The third kappa shape index (κ3) is 2.99. The highest BCUT2D eigenvalue weighted by atomic mass is 35.5. The molecule has 0 spiro atoms. The molecular weight excluding hydrogens is 294 g/mol. The largest absolute Gasteiger partial charge is 0.463 e. The smallest absolute Gasteiger partial charge is 0.376 e. The fourth-order valence-electron chi connectivity index (χ4n) is 3.83. The quantitative estimate of drug-likeness (QED) is 0.341. The molecule has 6 heteroatoms. The Bertz CT molecular complexity index is 472. The summed E-state index contributed by atoms with van der Waals surface area (Å²) < 4.78 is 4.35. The van der Waals surface area contributed by atoms with Crippen molar-refractivity contribution in [3.8, 4) is 0 Å². The number of esters is 1. The highest BCUT2D eigenvalue weighted by Gasteiger charge is 2.57. The maximum atomic E-state index is 11.6. The van der Waals surface area contributed by atoms with Gasteiger partial charge in [-0.3, -0.25) is 14.5 Å². The van der Waals surface area contributed by atoms with Crippen molar-refractivity contribution in [1.82, 2.24) is 4.90 Å². The maximum absolute atomic E-state index is 11.6. The van der Waals surface area contributed by atoms with Gasteiger partial charge in [0.05, 0.1) is 19.1 Å². The first-order valence-corrected chi connectivity index (χ1v) is 7.98. The summed E-state index contributed by atoms with van der Waals surface area (Å²) in [4.78, 5) is 35.6. The van der Waals surface area contributed by atoms with Gasteiger partial charge in [-0.25, -0.2) is 4.79 Å². The van der Waals surface area contributed by atoms with Crippen LogP contribution in [0.3, 0.4) is 0 Å². The molecule has 4 rings (SSSR count). The molecular formula is C15H20ClNO4. The number of piperidine rings is 1. The van der Waals surface area contributed by atoms with E-state index in [-0.39, 0.29) is 6.04 Å². The van der Waals surface area contributed by atoms with Crippen molar-refractivity contribution < 1.29 is 19.1 Å². The molecule has 2 heterocycles. The molecule has 4 aliphatic rings. The van der Waals surface area contributed by atoms with E-state index in [1.807, 2.05) is 4.90 Å². The van der Waals surface area contributed by atoms with Crippen LogP contribution in [-0.4, -0.2) is 47.6 Å². The minimum atomic E-state index is -0.907. The van der Waals surface area contributed by atoms with Crippen molar-refractivity contribution in [1.29, 1.82) is 0 Å². The van der Waals surface area contributed by atoms with Gasteiger partial charge in [0, 0.05) is 12.6 Å². The number of ketones is 1. The monoisotopic (exact) mass is 313 g/mol. The van der Waals surface area contributed by atoms with Crippen molar-refractivity contribution >= 4 is 28.6 Å². The van der Waals surface area contributed by atoms with Gasteiger partial charge in [0.15, 0.2) is 0 Å². The Morgan fingerprint density at radius 3 is 2.24 bits per heavy atom. The van der Waals surface area contributed by atoms with Crippen LogP contribution in [-0.2, 0) is 19.1 Å². The van der Waals surface area contributed by atoms with Crippen LogP contribution in [0.5, 0.6) is 0 Å². The molecule has 0 aromatic heterocycles. The van der Waals surface area contributed by atoms with Crippen LogP contribution >= 0.6 is 11.6 Å². The van der Waals surface area contributed by atoms with Crippen LogP contribution in [0.15, 0.2) is 0 Å². The lowest BCUT2D eigenvalue weighted by atomic mass is 9.95. The summed E-state index contributed by atoms with van der Waals surface area (Å²) in [5.41, 5.74) is 0. The number of rotatable bonds is 3. The van der Waals surface area contributed by atoms with Crippen molar-refractivity contribution in [2.75, 3.05) is 13.7 Å². The van der Waals surface area contributed by atoms with Crippen LogP contribution in [0.25, 0.3) is 0 Å². The molecule has 0 bridgehead atoms. The number of Topliss-reactive ketones (excluding diaryl/α,β-unsaturated/α-hetero) is 1. The summed E-state index contributed by atoms with van der Waals surface area (Å²) in [5.74, 6) is 0.291.